The minimum Gasteiger partial charge on any atom is -0.508 e. The van der Waals surface area contributed by atoms with Gasteiger partial charge in [0, 0.05) is 21.9 Å². The molecule has 2 unspecified atom stereocenters. The molecule has 0 radical (unpaired) electrons. The zero-order valence-electron chi connectivity index (χ0n) is 11.8. The number of nitro benzene ring substituents is 1. The van der Waals surface area contributed by atoms with Crippen molar-refractivity contribution < 1.29 is 19.9 Å². The number of thioether (sulfide) groups is 1. The molecule has 0 aromatic heterocycles. The fourth-order valence-electron chi connectivity index (χ4n) is 2.38. The Morgan fingerprint density at radius 3 is 2.57 bits per heavy atom. The number of nitrogens with zero attached hydrogens (tertiary/aromatic N) is 1. The van der Waals surface area contributed by atoms with Crippen LogP contribution in [0.2, 0.25) is 0 Å². The number of phenols is 1. The maximum Gasteiger partial charge on any atom is 0.322 e. The Balaban J connectivity index is 2.42. The van der Waals surface area contributed by atoms with Crippen LogP contribution in [0.5, 0.6) is 5.75 Å². The van der Waals surface area contributed by atoms with Crippen LogP contribution in [-0.4, -0.2) is 31.9 Å². The summed E-state index contributed by atoms with van der Waals surface area (Å²) in [6.45, 7) is 5.10. The van der Waals surface area contributed by atoms with Gasteiger partial charge in [0.15, 0.2) is 0 Å². The molecule has 2 atom stereocenters. The van der Waals surface area contributed by atoms with Crippen molar-refractivity contribution in [3.05, 3.63) is 33.4 Å². The van der Waals surface area contributed by atoms with Gasteiger partial charge < -0.3 is 10.2 Å². The van der Waals surface area contributed by atoms with Crippen LogP contribution < -0.4 is 5.32 Å². The van der Waals surface area contributed by atoms with E-state index in [1.165, 1.54) is 23.9 Å². The molecule has 114 valence electrons. The molecule has 1 aromatic rings. The Labute approximate surface area is 125 Å². The molecule has 0 saturated carbocycles. The average molecular weight is 312 g/mol. The SMILES string of the molecule is Cc1cc(O)c(C2NC(C(=O)O)C(C)(C)S2)cc1[N+](=O)[O-]. The lowest BCUT2D eigenvalue weighted by molar-refractivity contribution is -0.385. The number of benzene rings is 1. The molecule has 1 aromatic carbocycles. The van der Waals surface area contributed by atoms with Crippen molar-refractivity contribution in [2.45, 2.75) is 36.9 Å². The first-order chi connectivity index (χ1) is 9.63. The molecule has 0 aliphatic carbocycles. The normalized spacial score (nSPS) is 24.0. The van der Waals surface area contributed by atoms with Crippen molar-refractivity contribution in [3.8, 4) is 5.75 Å². The molecule has 1 fully saturated rings. The zero-order valence-corrected chi connectivity index (χ0v) is 12.6. The van der Waals surface area contributed by atoms with Crippen molar-refractivity contribution in [3.63, 3.8) is 0 Å². The highest BCUT2D eigenvalue weighted by molar-refractivity contribution is 8.01. The molecule has 21 heavy (non-hydrogen) atoms. The second-order valence-corrected chi connectivity index (χ2v) is 7.25. The lowest BCUT2D eigenvalue weighted by Gasteiger charge is -2.20. The highest BCUT2D eigenvalue weighted by Gasteiger charge is 2.46. The van der Waals surface area contributed by atoms with Crippen LogP contribution >= 0.6 is 11.8 Å². The number of aliphatic carboxylic acids is 1. The van der Waals surface area contributed by atoms with E-state index < -0.39 is 27.1 Å². The quantitative estimate of drug-likeness (QED) is 0.579. The van der Waals surface area contributed by atoms with Crippen LogP contribution in [-0.2, 0) is 4.79 Å². The van der Waals surface area contributed by atoms with Gasteiger partial charge >= 0.3 is 5.97 Å². The molecule has 0 bridgehead atoms. The van der Waals surface area contributed by atoms with Gasteiger partial charge in [0.1, 0.15) is 11.8 Å². The molecular formula is C13H16N2O5S. The minimum absolute atomic E-state index is 0.0788. The third kappa shape index (κ3) is 2.81. The Morgan fingerprint density at radius 2 is 2.10 bits per heavy atom. The number of hydrogen-bond donors (Lipinski definition) is 3. The van der Waals surface area contributed by atoms with E-state index in [0.29, 0.717) is 11.1 Å². The Hall–Kier alpha value is -1.80. The summed E-state index contributed by atoms with van der Waals surface area (Å²) in [5, 5.41) is 32.6. The smallest absolute Gasteiger partial charge is 0.322 e. The number of phenolic OH excluding ortho intramolecular Hbond substituents is 1. The monoisotopic (exact) mass is 312 g/mol. The Bertz CT molecular complexity index is 617. The van der Waals surface area contributed by atoms with Crippen molar-refractivity contribution in [2.24, 2.45) is 0 Å². The van der Waals surface area contributed by atoms with E-state index in [4.69, 9.17) is 0 Å². The van der Waals surface area contributed by atoms with Gasteiger partial charge in [-0.2, -0.15) is 0 Å². The third-order valence-corrected chi connectivity index (χ3v) is 4.98. The maximum absolute atomic E-state index is 11.3. The van der Waals surface area contributed by atoms with E-state index in [1.54, 1.807) is 20.8 Å². The standard InChI is InChI=1S/C13H16N2O5S/c1-6-4-9(16)7(5-8(6)15(19)20)11-14-10(12(17)18)13(2,3)21-11/h4-5,10-11,14,16H,1-3H3,(H,17,18). The van der Waals surface area contributed by atoms with Gasteiger partial charge in [0.25, 0.3) is 5.69 Å². The number of rotatable bonds is 3. The largest absolute Gasteiger partial charge is 0.508 e. The van der Waals surface area contributed by atoms with Crippen LogP contribution in [0.1, 0.15) is 30.3 Å². The van der Waals surface area contributed by atoms with Gasteiger partial charge in [-0.15, -0.1) is 11.8 Å². The molecule has 0 spiro atoms. The summed E-state index contributed by atoms with van der Waals surface area (Å²) in [4.78, 5) is 21.7. The molecule has 1 saturated heterocycles. The first kappa shape index (κ1) is 15.6. The molecule has 1 heterocycles. The average Bonchev–Trinajstić information content (AvgIpc) is 2.64. The number of nitro groups is 1. The lowest BCUT2D eigenvalue weighted by Crippen LogP contribution is -2.43. The van der Waals surface area contributed by atoms with Gasteiger partial charge in [-0.25, -0.2) is 0 Å². The van der Waals surface area contributed by atoms with E-state index in [1.807, 2.05) is 0 Å². The van der Waals surface area contributed by atoms with E-state index in [2.05, 4.69) is 5.32 Å². The summed E-state index contributed by atoms with van der Waals surface area (Å²) < 4.78 is -0.595. The lowest BCUT2D eigenvalue weighted by atomic mass is 10.0. The summed E-state index contributed by atoms with van der Waals surface area (Å²) in [5.74, 6) is -1.07. The van der Waals surface area contributed by atoms with Crippen LogP contribution in [0.25, 0.3) is 0 Å². The first-order valence-corrected chi connectivity index (χ1v) is 7.16. The molecule has 7 nitrogen and oxygen atoms in total. The van der Waals surface area contributed by atoms with Crippen molar-refractivity contribution in [1.29, 1.82) is 0 Å². The summed E-state index contributed by atoms with van der Waals surface area (Å²) in [6.07, 6.45) is 0. The molecule has 1 aliphatic heterocycles. The predicted octanol–water partition coefficient (Wildman–Crippen LogP) is 2.18. The van der Waals surface area contributed by atoms with Gasteiger partial charge in [-0.05, 0) is 26.8 Å². The summed E-state index contributed by atoms with van der Waals surface area (Å²) in [5.41, 5.74) is 0.592. The van der Waals surface area contributed by atoms with Crippen molar-refractivity contribution >= 4 is 23.4 Å². The van der Waals surface area contributed by atoms with Crippen LogP contribution in [0.15, 0.2) is 12.1 Å². The Morgan fingerprint density at radius 1 is 1.48 bits per heavy atom. The first-order valence-electron chi connectivity index (χ1n) is 6.28. The minimum atomic E-state index is -0.990. The number of aromatic hydroxyl groups is 1. The van der Waals surface area contributed by atoms with Crippen LogP contribution in [0, 0.1) is 17.0 Å². The van der Waals surface area contributed by atoms with Gasteiger partial charge in [-0.3, -0.25) is 20.2 Å². The number of nitrogens with one attached hydrogen (secondary N) is 1. The van der Waals surface area contributed by atoms with E-state index in [9.17, 15) is 25.1 Å². The highest BCUT2D eigenvalue weighted by atomic mass is 32.2. The zero-order chi connectivity index (χ0) is 15.9. The number of aryl methyl sites for hydroxylation is 1. The van der Waals surface area contributed by atoms with Gasteiger partial charge in [0.05, 0.1) is 10.3 Å². The fourth-order valence-corrected chi connectivity index (χ4v) is 3.82. The van der Waals surface area contributed by atoms with Crippen LogP contribution in [0.3, 0.4) is 0 Å². The number of hydrogen-bond acceptors (Lipinski definition) is 6. The molecule has 0 amide bonds. The molecule has 8 heteroatoms. The molecule has 1 aliphatic rings. The van der Waals surface area contributed by atoms with E-state index in [0.717, 1.165) is 0 Å². The summed E-state index contributed by atoms with van der Waals surface area (Å²) in [7, 11) is 0. The van der Waals surface area contributed by atoms with E-state index in [-0.39, 0.29) is 11.4 Å². The molecular weight excluding hydrogens is 296 g/mol. The topological polar surface area (TPSA) is 113 Å². The predicted molar refractivity (Wildman–Crippen MR) is 78.5 cm³/mol. The fraction of sp³-hybridized carbons (Fsp3) is 0.462. The Kier molecular flexibility index (Phi) is 3.85. The number of carbonyl (C=O) groups is 1. The molecule has 2 rings (SSSR count). The molecule has 3 N–H and O–H groups in total. The van der Waals surface area contributed by atoms with Gasteiger partial charge in [-0.1, -0.05) is 0 Å². The summed E-state index contributed by atoms with van der Waals surface area (Å²) in [6, 6.07) is 1.83. The van der Waals surface area contributed by atoms with E-state index >= 15 is 0 Å². The third-order valence-electron chi connectivity index (χ3n) is 3.51. The second kappa shape index (κ2) is 5.19. The second-order valence-electron chi connectivity index (χ2n) is 5.49. The van der Waals surface area contributed by atoms with Crippen molar-refractivity contribution in [1.82, 2.24) is 5.32 Å². The van der Waals surface area contributed by atoms with Crippen LogP contribution in [0.4, 0.5) is 5.69 Å². The van der Waals surface area contributed by atoms with Crippen molar-refractivity contribution in [2.75, 3.05) is 0 Å². The summed E-state index contributed by atoms with van der Waals surface area (Å²) >= 11 is 1.32. The number of carboxylic acid groups (broad SMARTS) is 1. The number of carboxylic acids is 1. The van der Waals surface area contributed by atoms with Gasteiger partial charge in [0.2, 0.25) is 0 Å². The maximum atomic E-state index is 11.3. The highest BCUT2D eigenvalue weighted by Crippen LogP contribution is 2.48.